The van der Waals surface area contributed by atoms with Crippen LogP contribution in [0.5, 0.6) is 0 Å². The lowest BCUT2D eigenvalue weighted by Gasteiger charge is -2.23. The van der Waals surface area contributed by atoms with Gasteiger partial charge in [0, 0.05) is 17.6 Å². The molecule has 1 fully saturated rings. The molecule has 1 atom stereocenters. The predicted molar refractivity (Wildman–Crippen MR) is 81.6 cm³/mol. The third-order valence-corrected chi connectivity index (χ3v) is 5.92. The van der Waals surface area contributed by atoms with Gasteiger partial charge in [-0.3, -0.25) is 0 Å². The van der Waals surface area contributed by atoms with Gasteiger partial charge in [0.2, 0.25) is 10.0 Å². The molecule has 1 aromatic carbocycles. The van der Waals surface area contributed by atoms with E-state index in [1.807, 2.05) is 0 Å². The maximum absolute atomic E-state index is 12.4. The highest BCUT2D eigenvalue weighted by molar-refractivity contribution is 7.89. The van der Waals surface area contributed by atoms with Gasteiger partial charge in [-0.05, 0) is 37.0 Å². The molecule has 112 valence electrons. The molecule has 3 N–H and O–H groups in total. The molecule has 20 heavy (non-hydrogen) atoms. The molecule has 4 nitrogen and oxygen atoms in total. The standard InChI is InChI=1S/C13H18Cl2N2O2S/c14-10-5-6-13(11(15)7-10)20(18,19)17-12(8-16)9-3-1-2-4-9/h5-7,9,12,17H,1-4,8,16H2. The Labute approximate surface area is 129 Å². The van der Waals surface area contributed by atoms with Gasteiger partial charge < -0.3 is 5.73 Å². The normalized spacial score (nSPS) is 18.4. The third-order valence-electron chi connectivity index (χ3n) is 3.71. The fourth-order valence-electron chi connectivity index (χ4n) is 2.65. The topological polar surface area (TPSA) is 72.2 Å². The van der Waals surface area contributed by atoms with Crippen LogP contribution in [0.25, 0.3) is 0 Å². The van der Waals surface area contributed by atoms with Crippen molar-refractivity contribution >= 4 is 33.2 Å². The zero-order valence-electron chi connectivity index (χ0n) is 11.0. The lowest BCUT2D eigenvalue weighted by Crippen LogP contribution is -2.44. The number of nitrogens with one attached hydrogen (secondary N) is 1. The number of nitrogens with two attached hydrogens (primary N) is 1. The molecule has 0 saturated heterocycles. The molecule has 0 aromatic heterocycles. The highest BCUT2D eigenvalue weighted by Crippen LogP contribution is 2.29. The van der Waals surface area contributed by atoms with Gasteiger partial charge in [0.05, 0.1) is 5.02 Å². The van der Waals surface area contributed by atoms with Crippen molar-refractivity contribution in [2.45, 2.75) is 36.6 Å². The van der Waals surface area contributed by atoms with E-state index < -0.39 is 10.0 Å². The maximum Gasteiger partial charge on any atom is 0.242 e. The van der Waals surface area contributed by atoms with Gasteiger partial charge in [-0.15, -0.1) is 0 Å². The van der Waals surface area contributed by atoms with Gasteiger partial charge >= 0.3 is 0 Å². The van der Waals surface area contributed by atoms with Gasteiger partial charge in [-0.2, -0.15) is 0 Å². The largest absolute Gasteiger partial charge is 0.329 e. The van der Waals surface area contributed by atoms with Crippen LogP contribution in [-0.4, -0.2) is 21.0 Å². The van der Waals surface area contributed by atoms with Gasteiger partial charge in [-0.25, -0.2) is 13.1 Å². The van der Waals surface area contributed by atoms with E-state index in [9.17, 15) is 8.42 Å². The minimum atomic E-state index is -3.68. The summed E-state index contributed by atoms with van der Waals surface area (Å²) in [6.07, 6.45) is 4.28. The van der Waals surface area contributed by atoms with Gasteiger partial charge in [0.25, 0.3) is 0 Å². The Bertz CT molecular complexity index is 572. The van der Waals surface area contributed by atoms with E-state index in [1.165, 1.54) is 18.2 Å². The molecule has 2 rings (SSSR count). The summed E-state index contributed by atoms with van der Waals surface area (Å²) < 4.78 is 27.5. The Kier molecular flexibility index (Phi) is 5.31. The molecule has 0 amide bonds. The van der Waals surface area contributed by atoms with E-state index in [0.717, 1.165) is 25.7 Å². The average Bonchev–Trinajstić information content (AvgIpc) is 2.89. The highest BCUT2D eigenvalue weighted by atomic mass is 35.5. The SMILES string of the molecule is NCC(NS(=O)(=O)c1ccc(Cl)cc1Cl)C1CCCC1. The van der Waals surface area contributed by atoms with Crippen molar-refractivity contribution in [1.82, 2.24) is 4.72 Å². The highest BCUT2D eigenvalue weighted by Gasteiger charge is 2.29. The van der Waals surface area contributed by atoms with Crippen LogP contribution in [0, 0.1) is 5.92 Å². The minimum Gasteiger partial charge on any atom is -0.329 e. The summed E-state index contributed by atoms with van der Waals surface area (Å²) in [6, 6.07) is 4.10. The molecule has 1 aliphatic carbocycles. The van der Waals surface area contributed by atoms with Gasteiger partial charge in [-0.1, -0.05) is 36.0 Å². The maximum atomic E-state index is 12.4. The summed E-state index contributed by atoms with van der Waals surface area (Å²) in [6.45, 7) is 0.287. The van der Waals surface area contributed by atoms with Crippen molar-refractivity contribution in [3.8, 4) is 0 Å². The van der Waals surface area contributed by atoms with Crippen molar-refractivity contribution in [1.29, 1.82) is 0 Å². The molecule has 0 radical (unpaired) electrons. The molecule has 0 spiro atoms. The van der Waals surface area contributed by atoms with Crippen molar-refractivity contribution in [3.63, 3.8) is 0 Å². The molecule has 1 saturated carbocycles. The monoisotopic (exact) mass is 336 g/mol. The van der Waals surface area contributed by atoms with Crippen molar-refractivity contribution in [2.75, 3.05) is 6.54 Å². The molecule has 7 heteroatoms. The molecule has 1 unspecified atom stereocenters. The lowest BCUT2D eigenvalue weighted by molar-refractivity contribution is 0.405. The zero-order valence-corrected chi connectivity index (χ0v) is 13.3. The van der Waals surface area contributed by atoms with E-state index in [0.29, 0.717) is 10.9 Å². The first-order valence-corrected chi connectivity index (χ1v) is 8.85. The molecule has 1 aromatic rings. The fraction of sp³-hybridized carbons (Fsp3) is 0.538. The Balaban J connectivity index is 2.21. The van der Waals surface area contributed by atoms with Gasteiger partial charge in [0.1, 0.15) is 4.90 Å². The van der Waals surface area contributed by atoms with Crippen LogP contribution in [0.15, 0.2) is 23.1 Å². The van der Waals surface area contributed by atoms with Crippen molar-refractivity contribution < 1.29 is 8.42 Å². The predicted octanol–water partition coefficient (Wildman–Crippen LogP) is 2.79. The van der Waals surface area contributed by atoms with Crippen LogP contribution in [0.2, 0.25) is 10.0 Å². The first-order valence-electron chi connectivity index (χ1n) is 6.61. The number of sulfonamides is 1. The van der Waals surface area contributed by atoms with E-state index in [4.69, 9.17) is 28.9 Å². The second-order valence-corrected chi connectivity index (χ2v) is 7.61. The second kappa shape index (κ2) is 6.62. The molecule has 1 aliphatic rings. The summed E-state index contributed by atoms with van der Waals surface area (Å²) in [5, 5.41) is 0.521. The quantitative estimate of drug-likeness (QED) is 0.868. The van der Waals surface area contributed by atoms with E-state index >= 15 is 0 Å². The average molecular weight is 337 g/mol. The molecular formula is C13H18Cl2N2O2S. The number of halogens is 2. The Morgan fingerprint density at radius 2 is 1.95 bits per heavy atom. The smallest absolute Gasteiger partial charge is 0.242 e. The number of hydrogen-bond donors (Lipinski definition) is 2. The summed E-state index contributed by atoms with van der Waals surface area (Å²) >= 11 is 11.7. The van der Waals surface area contributed by atoms with E-state index in [1.54, 1.807) is 0 Å². The summed E-state index contributed by atoms with van der Waals surface area (Å²) in [5.41, 5.74) is 5.72. The minimum absolute atomic E-state index is 0.0417. The summed E-state index contributed by atoms with van der Waals surface area (Å²) in [4.78, 5) is 0.0417. The zero-order chi connectivity index (χ0) is 14.8. The number of benzene rings is 1. The van der Waals surface area contributed by atoms with Crippen LogP contribution in [0.4, 0.5) is 0 Å². The van der Waals surface area contributed by atoms with Crippen LogP contribution in [-0.2, 0) is 10.0 Å². The Morgan fingerprint density at radius 3 is 2.50 bits per heavy atom. The van der Waals surface area contributed by atoms with Crippen molar-refractivity contribution in [3.05, 3.63) is 28.2 Å². The van der Waals surface area contributed by atoms with E-state index in [-0.39, 0.29) is 22.5 Å². The number of rotatable bonds is 5. The first-order chi connectivity index (χ1) is 9.44. The van der Waals surface area contributed by atoms with Crippen LogP contribution >= 0.6 is 23.2 Å². The van der Waals surface area contributed by atoms with Crippen LogP contribution < -0.4 is 10.5 Å². The molecule has 0 aliphatic heterocycles. The van der Waals surface area contributed by atoms with Crippen LogP contribution in [0.1, 0.15) is 25.7 Å². The first kappa shape index (κ1) is 16.0. The molecule has 0 bridgehead atoms. The molecular weight excluding hydrogens is 319 g/mol. The number of hydrogen-bond acceptors (Lipinski definition) is 3. The second-order valence-electron chi connectivity index (χ2n) is 5.08. The Hall–Kier alpha value is -0.330. The Morgan fingerprint density at radius 1 is 1.30 bits per heavy atom. The van der Waals surface area contributed by atoms with E-state index in [2.05, 4.69) is 4.72 Å². The lowest BCUT2D eigenvalue weighted by atomic mass is 9.99. The molecule has 0 heterocycles. The summed E-state index contributed by atoms with van der Waals surface area (Å²) in [7, 11) is -3.68. The van der Waals surface area contributed by atoms with Crippen LogP contribution in [0.3, 0.4) is 0 Å². The fourth-order valence-corrected chi connectivity index (χ4v) is 4.74. The van der Waals surface area contributed by atoms with Gasteiger partial charge in [0.15, 0.2) is 0 Å². The summed E-state index contributed by atoms with van der Waals surface area (Å²) in [5.74, 6) is 0.306. The van der Waals surface area contributed by atoms with Crippen molar-refractivity contribution in [2.24, 2.45) is 11.7 Å². The third kappa shape index (κ3) is 3.65.